The molecule has 1 aliphatic rings. The van der Waals surface area contributed by atoms with Gasteiger partial charge in [0.2, 0.25) is 0 Å². The number of hydrogen-bond donors (Lipinski definition) is 0. The van der Waals surface area contributed by atoms with E-state index in [4.69, 9.17) is 16.0 Å². The fourth-order valence-electron chi connectivity index (χ4n) is 4.01. The Morgan fingerprint density at radius 1 is 1.00 bits per heavy atom. The van der Waals surface area contributed by atoms with Gasteiger partial charge in [0, 0.05) is 31.2 Å². The monoisotopic (exact) mass is 396 g/mol. The number of fused-ring (bicyclic) bond motifs is 7. The predicted octanol–water partition coefficient (Wildman–Crippen LogP) is 7.31. The Labute approximate surface area is 153 Å². The van der Waals surface area contributed by atoms with Crippen LogP contribution >= 0.6 is 27.5 Å². The summed E-state index contributed by atoms with van der Waals surface area (Å²) in [4.78, 5) is 0. The van der Waals surface area contributed by atoms with Gasteiger partial charge >= 0.3 is 0 Å². The molecule has 0 fully saturated rings. The normalized spacial score (nSPS) is 15.0. The quantitative estimate of drug-likeness (QED) is 0.303. The van der Waals surface area contributed by atoms with Gasteiger partial charge in [-0.15, -0.1) is 0 Å². The molecule has 0 aliphatic heterocycles. The minimum atomic E-state index is -0.106. The van der Waals surface area contributed by atoms with E-state index >= 15 is 0 Å². The lowest BCUT2D eigenvalue weighted by atomic mass is 9.82. The molecule has 0 radical (unpaired) electrons. The summed E-state index contributed by atoms with van der Waals surface area (Å²) in [7, 11) is 0. The smallest absolute Gasteiger partial charge is 0.144 e. The topological polar surface area (TPSA) is 13.1 Å². The van der Waals surface area contributed by atoms with E-state index in [0.29, 0.717) is 0 Å². The van der Waals surface area contributed by atoms with Crippen LogP contribution in [0.25, 0.3) is 33.1 Å². The summed E-state index contributed by atoms with van der Waals surface area (Å²) in [6, 6.07) is 16.6. The first-order chi connectivity index (χ1) is 11.5. The Morgan fingerprint density at radius 2 is 1.79 bits per heavy atom. The highest BCUT2D eigenvalue weighted by Gasteiger charge is 2.38. The van der Waals surface area contributed by atoms with Crippen molar-refractivity contribution in [2.45, 2.75) is 19.3 Å². The number of rotatable bonds is 0. The first-order valence-corrected chi connectivity index (χ1v) is 9.10. The lowest BCUT2D eigenvalue weighted by Gasteiger charge is -2.21. The van der Waals surface area contributed by atoms with Crippen LogP contribution in [-0.2, 0) is 5.41 Å². The third kappa shape index (κ3) is 1.71. The summed E-state index contributed by atoms with van der Waals surface area (Å²) in [6.45, 7) is 4.49. The number of para-hydroxylation sites is 1. The zero-order valence-electron chi connectivity index (χ0n) is 13.3. The molecule has 24 heavy (non-hydrogen) atoms. The molecule has 1 aliphatic carbocycles. The van der Waals surface area contributed by atoms with E-state index in [1.165, 1.54) is 22.3 Å². The van der Waals surface area contributed by atoms with Crippen molar-refractivity contribution in [3.8, 4) is 11.1 Å². The van der Waals surface area contributed by atoms with E-state index in [-0.39, 0.29) is 5.41 Å². The molecule has 0 N–H and O–H groups in total. The Morgan fingerprint density at radius 3 is 2.62 bits per heavy atom. The lowest BCUT2D eigenvalue weighted by Crippen LogP contribution is -2.14. The molecule has 3 aromatic carbocycles. The molecule has 3 heteroatoms. The highest BCUT2D eigenvalue weighted by molar-refractivity contribution is 9.10. The van der Waals surface area contributed by atoms with E-state index in [2.05, 4.69) is 60.1 Å². The van der Waals surface area contributed by atoms with E-state index in [9.17, 15) is 0 Å². The summed E-state index contributed by atoms with van der Waals surface area (Å²) in [5.74, 6) is 0. The number of hydrogen-bond acceptors (Lipinski definition) is 1. The third-order valence-electron chi connectivity index (χ3n) is 5.20. The van der Waals surface area contributed by atoms with Crippen molar-refractivity contribution >= 4 is 49.5 Å². The molecule has 0 amide bonds. The van der Waals surface area contributed by atoms with Crippen molar-refractivity contribution in [1.29, 1.82) is 0 Å². The van der Waals surface area contributed by atoms with Crippen molar-refractivity contribution < 1.29 is 4.42 Å². The molecular formula is C21H14BrClO. The zero-order valence-corrected chi connectivity index (χ0v) is 15.6. The highest BCUT2D eigenvalue weighted by atomic mass is 79.9. The molecule has 0 bridgehead atoms. The second kappa shape index (κ2) is 4.65. The average molecular weight is 398 g/mol. The number of benzene rings is 3. The predicted molar refractivity (Wildman–Crippen MR) is 104 cm³/mol. The van der Waals surface area contributed by atoms with Gasteiger partial charge in [-0.3, -0.25) is 0 Å². The van der Waals surface area contributed by atoms with Gasteiger partial charge in [-0.1, -0.05) is 65.6 Å². The Bertz CT molecular complexity index is 1150. The van der Waals surface area contributed by atoms with Crippen LogP contribution in [0, 0.1) is 0 Å². The van der Waals surface area contributed by atoms with E-state index < -0.39 is 0 Å². The van der Waals surface area contributed by atoms with Gasteiger partial charge in [-0.05, 0) is 41.0 Å². The van der Waals surface area contributed by atoms with Crippen molar-refractivity contribution in [2.75, 3.05) is 0 Å². The lowest BCUT2D eigenvalue weighted by molar-refractivity contribution is 0.653. The van der Waals surface area contributed by atoms with Crippen LogP contribution in [0.4, 0.5) is 0 Å². The summed E-state index contributed by atoms with van der Waals surface area (Å²) in [6.07, 6.45) is 0. The van der Waals surface area contributed by atoms with Gasteiger partial charge in [-0.25, -0.2) is 0 Å². The van der Waals surface area contributed by atoms with Crippen LogP contribution in [-0.4, -0.2) is 0 Å². The molecule has 1 aromatic heterocycles. The van der Waals surface area contributed by atoms with Crippen LogP contribution in [0.5, 0.6) is 0 Å². The van der Waals surface area contributed by atoms with Gasteiger partial charge in [-0.2, -0.15) is 0 Å². The standard InChI is InChI=1S/C21H14BrClO/c1-21(2)14-9-11(23)7-8-12(14)18-15(21)10-16(22)19-13-5-3-4-6-17(13)24-20(18)19/h3-10H,1-2H3. The first kappa shape index (κ1) is 14.6. The maximum absolute atomic E-state index is 6.29. The minimum absolute atomic E-state index is 0.106. The van der Waals surface area contributed by atoms with E-state index in [1.807, 2.05) is 18.2 Å². The average Bonchev–Trinajstić information content (AvgIpc) is 3.03. The largest absolute Gasteiger partial charge is 0.455 e. The minimum Gasteiger partial charge on any atom is -0.455 e. The molecule has 0 unspecified atom stereocenters. The van der Waals surface area contributed by atoms with Gasteiger partial charge in [0.1, 0.15) is 11.2 Å². The van der Waals surface area contributed by atoms with Crippen molar-refractivity contribution in [3.05, 3.63) is 69.2 Å². The molecule has 118 valence electrons. The number of halogens is 2. The first-order valence-electron chi connectivity index (χ1n) is 7.93. The molecule has 0 saturated heterocycles. The van der Waals surface area contributed by atoms with Crippen LogP contribution in [0.15, 0.2) is 57.4 Å². The Balaban J connectivity index is 2.03. The van der Waals surface area contributed by atoms with Gasteiger partial charge < -0.3 is 4.42 Å². The summed E-state index contributed by atoms with van der Waals surface area (Å²) in [5, 5.41) is 3.06. The fraction of sp³-hybridized carbons (Fsp3) is 0.143. The summed E-state index contributed by atoms with van der Waals surface area (Å²) in [5.41, 5.74) is 6.71. The highest BCUT2D eigenvalue weighted by Crippen LogP contribution is 2.54. The van der Waals surface area contributed by atoms with Crippen molar-refractivity contribution in [1.82, 2.24) is 0 Å². The second-order valence-electron chi connectivity index (χ2n) is 6.90. The zero-order chi connectivity index (χ0) is 16.6. The van der Waals surface area contributed by atoms with E-state index in [0.717, 1.165) is 31.4 Å². The van der Waals surface area contributed by atoms with Gasteiger partial charge in [0.25, 0.3) is 0 Å². The van der Waals surface area contributed by atoms with E-state index in [1.54, 1.807) is 0 Å². The van der Waals surface area contributed by atoms with Gasteiger partial charge in [0.05, 0.1) is 0 Å². The van der Waals surface area contributed by atoms with Crippen LogP contribution in [0.1, 0.15) is 25.0 Å². The molecule has 4 aromatic rings. The van der Waals surface area contributed by atoms with Crippen LogP contribution in [0.2, 0.25) is 5.02 Å². The third-order valence-corrected chi connectivity index (χ3v) is 6.06. The maximum Gasteiger partial charge on any atom is 0.144 e. The molecule has 0 atom stereocenters. The Kier molecular flexibility index (Phi) is 2.82. The second-order valence-corrected chi connectivity index (χ2v) is 8.19. The molecule has 1 nitrogen and oxygen atoms in total. The molecule has 5 rings (SSSR count). The SMILES string of the molecule is CC1(C)c2cc(Cl)ccc2-c2c1cc(Br)c1c2oc2ccccc21. The van der Waals surface area contributed by atoms with Crippen molar-refractivity contribution in [2.24, 2.45) is 0 Å². The maximum atomic E-state index is 6.29. The molecular weight excluding hydrogens is 384 g/mol. The summed E-state index contributed by atoms with van der Waals surface area (Å²) < 4.78 is 7.37. The summed E-state index contributed by atoms with van der Waals surface area (Å²) >= 11 is 10.1. The molecule has 0 spiro atoms. The fourth-order valence-corrected chi connectivity index (χ4v) is 4.80. The van der Waals surface area contributed by atoms with Gasteiger partial charge in [0.15, 0.2) is 0 Å². The van der Waals surface area contributed by atoms with Crippen molar-refractivity contribution in [3.63, 3.8) is 0 Å². The molecule has 0 saturated carbocycles. The molecule has 1 heterocycles. The number of furan rings is 1. The van der Waals surface area contributed by atoms with Crippen LogP contribution in [0.3, 0.4) is 0 Å². The van der Waals surface area contributed by atoms with Crippen LogP contribution < -0.4 is 0 Å². The Hall–Kier alpha value is -1.77.